The van der Waals surface area contributed by atoms with E-state index >= 15 is 0 Å². The molecule has 0 spiro atoms. The van der Waals surface area contributed by atoms with E-state index in [4.69, 9.17) is 0 Å². The summed E-state index contributed by atoms with van der Waals surface area (Å²) in [6.45, 7) is 7.73. The van der Waals surface area contributed by atoms with Crippen LogP contribution in [-0.4, -0.2) is 22.9 Å². The first-order valence-electron chi connectivity index (χ1n) is 9.72. The van der Waals surface area contributed by atoms with Gasteiger partial charge < -0.3 is 15.2 Å². The fourth-order valence-corrected chi connectivity index (χ4v) is 3.30. The lowest BCUT2D eigenvalue weighted by Crippen LogP contribution is -2.29. The maximum Gasteiger partial charge on any atom is 0.267 e. The molecule has 1 aliphatic carbocycles. The number of aryl methyl sites for hydroxylation is 1. The molecule has 1 heterocycles. The van der Waals surface area contributed by atoms with Gasteiger partial charge in [-0.1, -0.05) is 27.2 Å². The number of rotatable bonds is 7. The fourth-order valence-electron chi connectivity index (χ4n) is 3.30. The predicted octanol–water partition coefficient (Wildman–Crippen LogP) is 4.18. The second kappa shape index (κ2) is 7.94. The Balaban J connectivity index is 1.86. The van der Waals surface area contributed by atoms with E-state index in [1.54, 1.807) is 0 Å². The predicted molar refractivity (Wildman–Crippen MR) is 105 cm³/mol. The standard InChI is InChI=1S/C21H29N3O2/c1-4-10-24-18-9-8-17(23-20(25)15-6-5-7-15)11-16(18)12-19(24)21(26)22-13-14(2)3/h8-9,11-12,14-15H,4-7,10,13H2,1-3H3,(H,22,26)(H,23,25). The van der Waals surface area contributed by atoms with E-state index in [0.29, 0.717) is 18.2 Å². The van der Waals surface area contributed by atoms with Crippen LogP contribution in [0.3, 0.4) is 0 Å². The summed E-state index contributed by atoms with van der Waals surface area (Å²) in [6, 6.07) is 7.83. The van der Waals surface area contributed by atoms with Crippen molar-refractivity contribution in [3.63, 3.8) is 0 Å². The third-order valence-corrected chi connectivity index (χ3v) is 5.00. The summed E-state index contributed by atoms with van der Waals surface area (Å²) < 4.78 is 2.07. The summed E-state index contributed by atoms with van der Waals surface area (Å²) in [5.74, 6) is 0.644. The lowest BCUT2D eigenvalue weighted by atomic mass is 9.85. The van der Waals surface area contributed by atoms with Crippen LogP contribution in [0.5, 0.6) is 0 Å². The fraction of sp³-hybridized carbons (Fsp3) is 0.524. The molecule has 1 fully saturated rings. The van der Waals surface area contributed by atoms with Crippen molar-refractivity contribution in [3.8, 4) is 0 Å². The third kappa shape index (κ3) is 3.92. The molecule has 0 atom stereocenters. The van der Waals surface area contributed by atoms with Crippen LogP contribution in [0.1, 0.15) is 56.9 Å². The molecular formula is C21H29N3O2. The maximum absolute atomic E-state index is 12.6. The van der Waals surface area contributed by atoms with E-state index in [2.05, 4.69) is 36.0 Å². The van der Waals surface area contributed by atoms with Crippen LogP contribution in [0, 0.1) is 11.8 Å². The first-order valence-corrected chi connectivity index (χ1v) is 9.72. The average molecular weight is 355 g/mol. The SMILES string of the molecule is CCCn1c(C(=O)NCC(C)C)cc2cc(NC(=O)C3CCC3)ccc21. The lowest BCUT2D eigenvalue weighted by Gasteiger charge is -2.24. The molecule has 2 amide bonds. The van der Waals surface area contributed by atoms with Gasteiger partial charge in [-0.15, -0.1) is 0 Å². The van der Waals surface area contributed by atoms with Crippen LogP contribution < -0.4 is 10.6 Å². The Labute approximate surface area is 155 Å². The van der Waals surface area contributed by atoms with Crippen molar-refractivity contribution in [1.82, 2.24) is 9.88 Å². The Morgan fingerprint density at radius 2 is 2.00 bits per heavy atom. The van der Waals surface area contributed by atoms with Crippen molar-refractivity contribution >= 4 is 28.4 Å². The van der Waals surface area contributed by atoms with Crippen LogP contribution in [0.2, 0.25) is 0 Å². The van der Waals surface area contributed by atoms with Crippen molar-refractivity contribution < 1.29 is 9.59 Å². The number of benzene rings is 1. The number of hydrogen-bond acceptors (Lipinski definition) is 2. The second-order valence-electron chi connectivity index (χ2n) is 7.68. The average Bonchev–Trinajstić information content (AvgIpc) is 2.89. The molecule has 0 bridgehead atoms. The quantitative estimate of drug-likeness (QED) is 0.783. The minimum atomic E-state index is -0.0385. The summed E-state index contributed by atoms with van der Waals surface area (Å²) in [7, 11) is 0. The lowest BCUT2D eigenvalue weighted by molar-refractivity contribution is -0.122. The van der Waals surface area contributed by atoms with E-state index in [-0.39, 0.29) is 17.7 Å². The van der Waals surface area contributed by atoms with Gasteiger partial charge in [0.1, 0.15) is 5.69 Å². The minimum Gasteiger partial charge on any atom is -0.351 e. The normalized spacial score (nSPS) is 14.5. The first kappa shape index (κ1) is 18.5. The third-order valence-electron chi connectivity index (χ3n) is 5.00. The molecule has 1 saturated carbocycles. The van der Waals surface area contributed by atoms with Crippen molar-refractivity contribution in [2.45, 2.75) is 53.0 Å². The zero-order valence-electron chi connectivity index (χ0n) is 16.0. The van der Waals surface area contributed by atoms with Crippen LogP contribution in [0.4, 0.5) is 5.69 Å². The Hall–Kier alpha value is -2.30. The van der Waals surface area contributed by atoms with E-state index in [0.717, 1.165) is 48.8 Å². The van der Waals surface area contributed by atoms with E-state index in [1.165, 1.54) is 0 Å². The zero-order chi connectivity index (χ0) is 18.7. The van der Waals surface area contributed by atoms with Crippen molar-refractivity contribution in [2.75, 3.05) is 11.9 Å². The molecule has 3 rings (SSSR count). The van der Waals surface area contributed by atoms with Gasteiger partial charge >= 0.3 is 0 Å². The van der Waals surface area contributed by atoms with Crippen LogP contribution in [0.25, 0.3) is 10.9 Å². The van der Waals surface area contributed by atoms with Crippen LogP contribution in [0.15, 0.2) is 24.3 Å². The van der Waals surface area contributed by atoms with Crippen molar-refractivity contribution in [3.05, 3.63) is 30.0 Å². The Kier molecular flexibility index (Phi) is 5.64. The highest BCUT2D eigenvalue weighted by Crippen LogP contribution is 2.29. The second-order valence-corrected chi connectivity index (χ2v) is 7.68. The molecule has 0 radical (unpaired) electrons. The molecule has 140 valence electrons. The van der Waals surface area contributed by atoms with Crippen molar-refractivity contribution in [2.24, 2.45) is 11.8 Å². The number of anilines is 1. The number of fused-ring (bicyclic) bond motifs is 1. The smallest absolute Gasteiger partial charge is 0.267 e. The van der Waals surface area contributed by atoms with Gasteiger partial charge in [0.05, 0.1) is 0 Å². The van der Waals surface area contributed by atoms with E-state index < -0.39 is 0 Å². The van der Waals surface area contributed by atoms with Crippen molar-refractivity contribution in [1.29, 1.82) is 0 Å². The molecule has 0 unspecified atom stereocenters. The van der Waals surface area contributed by atoms with Gasteiger partial charge in [0.2, 0.25) is 5.91 Å². The van der Waals surface area contributed by atoms with Gasteiger partial charge in [0, 0.05) is 35.6 Å². The molecule has 26 heavy (non-hydrogen) atoms. The molecule has 1 aromatic carbocycles. The number of carbonyl (C=O) groups is 2. The molecule has 2 N–H and O–H groups in total. The first-order chi connectivity index (χ1) is 12.5. The number of hydrogen-bond donors (Lipinski definition) is 2. The van der Waals surface area contributed by atoms with E-state index in [1.807, 2.05) is 24.3 Å². The topological polar surface area (TPSA) is 63.1 Å². The van der Waals surface area contributed by atoms with Gasteiger partial charge in [-0.25, -0.2) is 0 Å². The Bertz CT molecular complexity index is 803. The van der Waals surface area contributed by atoms with Gasteiger partial charge in [-0.2, -0.15) is 0 Å². The van der Waals surface area contributed by atoms with Crippen LogP contribution >= 0.6 is 0 Å². The van der Waals surface area contributed by atoms with Gasteiger partial charge in [-0.3, -0.25) is 9.59 Å². The molecule has 0 saturated heterocycles. The summed E-state index contributed by atoms with van der Waals surface area (Å²) in [5, 5.41) is 7.01. The maximum atomic E-state index is 12.6. The molecule has 0 aliphatic heterocycles. The zero-order valence-corrected chi connectivity index (χ0v) is 16.0. The summed E-state index contributed by atoms with van der Waals surface area (Å²) in [5.41, 5.74) is 2.52. The number of aromatic nitrogens is 1. The number of carbonyl (C=O) groups excluding carboxylic acids is 2. The Morgan fingerprint density at radius 3 is 2.62 bits per heavy atom. The monoisotopic (exact) mass is 355 g/mol. The molecule has 2 aromatic rings. The van der Waals surface area contributed by atoms with E-state index in [9.17, 15) is 9.59 Å². The molecule has 5 heteroatoms. The summed E-state index contributed by atoms with van der Waals surface area (Å²) in [6.07, 6.45) is 4.07. The number of nitrogens with zero attached hydrogens (tertiary/aromatic N) is 1. The molecule has 1 aromatic heterocycles. The van der Waals surface area contributed by atoms with Gasteiger partial charge in [-0.05, 0) is 49.4 Å². The van der Waals surface area contributed by atoms with Crippen LogP contribution in [-0.2, 0) is 11.3 Å². The summed E-state index contributed by atoms with van der Waals surface area (Å²) in [4.78, 5) is 24.8. The Morgan fingerprint density at radius 1 is 1.23 bits per heavy atom. The highest BCUT2D eigenvalue weighted by atomic mass is 16.2. The summed E-state index contributed by atoms with van der Waals surface area (Å²) >= 11 is 0. The molecule has 1 aliphatic rings. The number of amides is 2. The van der Waals surface area contributed by atoms with Gasteiger partial charge in [0.25, 0.3) is 5.91 Å². The number of nitrogens with one attached hydrogen (secondary N) is 2. The highest BCUT2D eigenvalue weighted by Gasteiger charge is 2.25. The molecular weight excluding hydrogens is 326 g/mol. The largest absolute Gasteiger partial charge is 0.351 e. The highest BCUT2D eigenvalue weighted by molar-refractivity contribution is 6.01. The minimum absolute atomic E-state index is 0.0385. The molecule has 5 nitrogen and oxygen atoms in total. The van der Waals surface area contributed by atoms with Gasteiger partial charge in [0.15, 0.2) is 0 Å².